The molecule has 0 radical (unpaired) electrons. The molecule has 0 aliphatic carbocycles. The molecule has 1 aromatic carbocycles. The molecule has 9 heteroatoms. The molecule has 6 nitrogen and oxygen atoms in total. The molecule has 1 fully saturated rings. The minimum absolute atomic E-state index is 0.0683. The summed E-state index contributed by atoms with van der Waals surface area (Å²) in [5, 5.41) is 2.37. The van der Waals surface area contributed by atoms with Crippen molar-refractivity contribution in [1.82, 2.24) is 5.32 Å². The van der Waals surface area contributed by atoms with E-state index in [0.717, 1.165) is 0 Å². The van der Waals surface area contributed by atoms with Crippen LogP contribution in [0.5, 0.6) is 0 Å². The highest BCUT2D eigenvalue weighted by Crippen LogP contribution is 2.27. The van der Waals surface area contributed by atoms with Gasteiger partial charge >= 0.3 is 0 Å². The van der Waals surface area contributed by atoms with Gasteiger partial charge in [0.05, 0.1) is 34.5 Å². The summed E-state index contributed by atoms with van der Waals surface area (Å²) in [6.07, 6.45) is 1.50. The fourth-order valence-electron chi connectivity index (χ4n) is 2.76. The highest BCUT2D eigenvalue weighted by atomic mass is 35.5. The summed E-state index contributed by atoms with van der Waals surface area (Å²) < 4.78 is 54.8. The minimum atomic E-state index is -3.80. The van der Waals surface area contributed by atoms with Crippen molar-refractivity contribution < 1.29 is 21.3 Å². The summed E-state index contributed by atoms with van der Waals surface area (Å²) in [5.41, 5.74) is 0. The topological polar surface area (TPSA) is 93.4 Å². The smallest absolute Gasteiger partial charge is 0.183 e. The summed E-state index contributed by atoms with van der Waals surface area (Å²) in [6.45, 7) is 0.264. The van der Waals surface area contributed by atoms with E-state index in [9.17, 15) is 16.8 Å². The predicted octanol–water partition coefficient (Wildman–Crippen LogP) is 1.66. The molecular weight excluding hydrogens is 374 g/mol. The first-order chi connectivity index (χ1) is 11.3. The Hall–Kier alpha value is -1.35. The number of hydrogen-bond acceptors (Lipinski definition) is 6. The number of hydrogen-bond donors (Lipinski definition) is 1. The van der Waals surface area contributed by atoms with Crippen molar-refractivity contribution in [3.63, 3.8) is 0 Å². The molecule has 1 saturated heterocycles. The zero-order valence-corrected chi connectivity index (χ0v) is 14.9. The van der Waals surface area contributed by atoms with Crippen LogP contribution in [0.2, 0.25) is 5.02 Å². The number of furan rings is 1. The quantitative estimate of drug-likeness (QED) is 0.835. The zero-order chi connectivity index (χ0) is 17.4. The molecule has 24 heavy (non-hydrogen) atoms. The Morgan fingerprint density at radius 1 is 1.17 bits per heavy atom. The van der Waals surface area contributed by atoms with Crippen LogP contribution in [0.15, 0.2) is 52.0 Å². The average Bonchev–Trinajstić information content (AvgIpc) is 3.13. The number of sulfone groups is 2. The van der Waals surface area contributed by atoms with Gasteiger partial charge < -0.3 is 9.73 Å². The molecule has 0 bridgehead atoms. The molecule has 130 valence electrons. The molecule has 1 aromatic heterocycles. The monoisotopic (exact) mass is 389 g/mol. The second-order valence-electron chi connectivity index (χ2n) is 5.68. The third kappa shape index (κ3) is 3.66. The van der Waals surface area contributed by atoms with E-state index in [1.54, 1.807) is 12.1 Å². The van der Waals surface area contributed by atoms with Crippen molar-refractivity contribution in [2.45, 2.75) is 22.7 Å². The summed E-state index contributed by atoms with van der Waals surface area (Å²) in [7, 11) is -7.23. The van der Waals surface area contributed by atoms with Crippen molar-refractivity contribution in [2.75, 3.05) is 11.5 Å². The number of rotatable bonds is 5. The van der Waals surface area contributed by atoms with Gasteiger partial charge in [0.15, 0.2) is 19.7 Å². The van der Waals surface area contributed by atoms with Crippen LogP contribution in [0, 0.1) is 0 Å². The maximum absolute atomic E-state index is 12.8. The van der Waals surface area contributed by atoms with E-state index in [4.69, 9.17) is 16.0 Å². The molecule has 2 aromatic rings. The minimum Gasteiger partial charge on any atom is -0.468 e. The lowest BCUT2D eigenvalue weighted by atomic mass is 10.2. The van der Waals surface area contributed by atoms with E-state index < -0.39 is 36.7 Å². The second kappa shape index (κ2) is 6.51. The lowest BCUT2D eigenvalue weighted by Crippen LogP contribution is -2.42. The van der Waals surface area contributed by atoms with Gasteiger partial charge in [-0.05, 0) is 36.4 Å². The van der Waals surface area contributed by atoms with Gasteiger partial charge in [-0.15, -0.1) is 0 Å². The molecule has 1 aliphatic rings. The average molecular weight is 390 g/mol. The lowest BCUT2D eigenvalue weighted by Gasteiger charge is -2.19. The van der Waals surface area contributed by atoms with E-state index in [2.05, 4.69) is 5.32 Å². The molecule has 0 unspecified atom stereocenters. The van der Waals surface area contributed by atoms with E-state index in [1.807, 2.05) is 0 Å². The zero-order valence-electron chi connectivity index (χ0n) is 12.6. The number of nitrogens with one attached hydrogen (secondary N) is 1. The van der Waals surface area contributed by atoms with Gasteiger partial charge in [-0.1, -0.05) is 11.6 Å². The van der Waals surface area contributed by atoms with Crippen LogP contribution in [0.1, 0.15) is 5.76 Å². The largest absolute Gasteiger partial charge is 0.468 e. The molecule has 0 amide bonds. The maximum atomic E-state index is 12.8. The van der Waals surface area contributed by atoms with Crippen LogP contribution in [-0.2, 0) is 26.2 Å². The highest BCUT2D eigenvalue weighted by Gasteiger charge is 2.45. The Labute approximate surface area is 145 Å². The van der Waals surface area contributed by atoms with Gasteiger partial charge in [-0.25, -0.2) is 16.8 Å². The van der Waals surface area contributed by atoms with Crippen molar-refractivity contribution in [1.29, 1.82) is 0 Å². The van der Waals surface area contributed by atoms with E-state index >= 15 is 0 Å². The third-order valence-corrected chi connectivity index (χ3v) is 8.38. The summed E-state index contributed by atoms with van der Waals surface area (Å²) in [6, 6.07) is 8.49. The normalized spacial score (nSPS) is 23.4. The predicted molar refractivity (Wildman–Crippen MR) is 90.4 cm³/mol. The van der Waals surface area contributed by atoms with E-state index in [-0.39, 0.29) is 17.2 Å². The molecule has 0 saturated carbocycles. The fraction of sp³-hybridized carbons (Fsp3) is 0.333. The van der Waals surface area contributed by atoms with Crippen LogP contribution in [0.4, 0.5) is 0 Å². The SMILES string of the molecule is O=S1(=O)C[C@H](NCc2ccco2)[C@@H](S(=O)(=O)c2ccc(Cl)cc2)C1. The first-order valence-electron chi connectivity index (χ1n) is 7.23. The first-order valence-corrected chi connectivity index (χ1v) is 11.0. The highest BCUT2D eigenvalue weighted by molar-refractivity contribution is 7.96. The lowest BCUT2D eigenvalue weighted by molar-refractivity contribution is 0.454. The molecule has 3 rings (SSSR count). The van der Waals surface area contributed by atoms with Gasteiger partial charge in [-0.2, -0.15) is 0 Å². The standard InChI is InChI=1S/C15H16ClNO5S2/c16-11-3-5-13(6-4-11)24(20,21)15-10-23(18,19)9-14(15)17-8-12-2-1-7-22-12/h1-7,14-15,17H,8-10H2/t14-,15-/m0/s1. The van der Waals surface area contributed by atoms with Crippen LogP contribution in [-0.4, -0.2) is 39.6 Å². The summed E-state index contributed by atoms with van der Waals surface area (Å²) >= 11 is 5.79. The van der Waals surface area contributed by atoms with Gasteiger partial charge in [-0.3, -0.25) is 0 Å². The molecular formula is C15H16ClNO5S2. The van der Waals surface area contributed by atoms with Gasteiger partial charge in [0.2, 0.25) is 0 Å². The van der Waals surface area contributed by atoms with Gasteiger partial charge in [0.1, 0.15) is 5.76 Å². The molecule has 2 heterocycles. The van der Waals surface area contributed by atoms with Gasteiger partial charge in [0.25, 0.3) is 0 Å². The van der Waals surface area contributed by atoms with Gasteiger partial charge in [0, 0.05) is 11.1 Å². The van der Waals surface area contributed by atoms with Crippen molar-refractivity contribution >= 4 is 31.3 Å². The molecule has 1 aliphatic heterocycles. The number of halogens is 1. The van der Waals surface area contributed by atoms with Crippen LogP contribution < -0.4 is 5.32 Å². The maximum Gasteiger partial charge on any atom is 0.183 e. The Morgan fingerprint density at radius 2 is 1.88 bits per heavy atom. The van der Waals surface area contributed by atoms with E-state index in [0.29, 0.717) is 10.8 Å². The third-order valence-electron chi connectivity index (χ3n) is 3.96. The Kier molecular flexibility index (Phi) is 4.74. The second-order valence-corrected chi connectivity index (χ2v) is 10.4. The Balaban J connectivity index is 1.86. The van der Waals surface area contributed by atoms with Crippen molar-refractivity contribution in [3.8, 4) is 0 Å². The van der Waals surface area contributed by atoms with Crippen LogP contribution in [0.25, 0.3) is 0 Å². The summed E-state index contributed by atoms with van der Waals surface area (Å²) in [4.78, 5) is 0.0683. The Bertz CT molecular complexity index is 905. The van der Waals surface area contributed by atoms with Crippen molar-refractivity contribution in [3.05, 3.63) is 53.4 Å². The fourth-order valence-corrected chi connectivity index (χ4v) is 7.60. The van der Waals surface area contributed by atoms with Crippen LogP contribution >= 0.6 is 11.6 Å². The summed E-state index contributed by atoms with van der Waals surface area (Å²) in [5.74, 6) is 0.000780. The first kappa shape index (κ1) is 17.5. The molecule has 0 spiro atoms. The van der Waals surface area contributed by atoms with Crippen LogP contribution in [0.3, 0.4) is 0 Å². The van der Waals surface area contributed by atoms with Crippen molar-refractivity contribution in [2.24, 2.45) is 0 Å². The molecule has 1 N–H and O–H groups in total. The number of benzene rings is 1. The molecule has 2 atom stereocenters. The van der Waals surface area contributed by atoms with E-state index in [1.165, 1.54) is 30.5 Å². The Morgan fingerprint density at radius 3 is 2.50 bits per heavy atom.